The lowest BCUT2D eigenvalue weighted by Gasteiger charge is -2.34. The lowest BCUT2D eigenvalue weighted by molar-refractivity contribution is 0.00605. The van der Waals surface area contributed by atoms with Gasteiger partial charge in [0.1, 0.15) is 0 Å². The second kappa shape index (κ2) is 8.92. The highest BCUT2D eigenvalue weighted by molar-refractivity contribution is 4.78. The Morgan fingerprint density at radius 1 is 1.06 bits per heavy atom. The predicted molar refractivity (Wildman–Crippen MR) is 79.0 cm³/mol. The van der Waals surface area contributed by atoms with Crippen LogP contribution < -0.4 is 5.32 Å². The molecule has 1 aliphatic carbocycles. The summed E-state index contributed by atoms with van der Waals surface area (Å²) >= 11 is 0. The summed E-state index contributed by atoms with van der Waals surface area (Å²) in [5.74, 6) is 0. The van der Waals surface area contributed by atoms with Crippen LogP contribution in [0.15, 0.2) is 0 Å². The van der Waals surface area contributed by atoms with Crippen molar-refractivity contribution in [1.82, 2.24) is 5.32 Å². The Labute approximate surface area is 114 Å². The standard InChI is InChI=1S/C16H33NO/c1-4-5-6-7-12-17-13-14-18-15-8-10-16(2,3)11-9-15/h15,17H,4-14H2,1-3H3. The van der Waals surface area contributed by atoms with Gasteiger partial charge >= 0.3 is 0 Å². The molecule has 0 heterocycles. The van der Waals surface area contributed by atoms with Gasteiger partial charge in [-0.2, -0.15) is 0 Å². The molecule has 1 aliphatic rings. The molecule has 0 amide bonds. The van der Waals surface area contributed by atoms with Crippen LogP contribution in [-0.2, 0) is 4.74 Å². The molecule has 1 N–H and O–H groups in total. The van der Waals surface area contributed by atoms with E-state index in [1.54, 1.807) is 0 Å². The topological polar surface area (TPSA) is 21.3 Å². The summed E-state index contributed by atoms with van der Waals surface area (Å²) in [5, 5.41) is 3.48. The zero-order chi connectivity index (χ0) is 13.3. The molecule has 2 heteroatoms. The first kappa shape index (κ1) is 16.0. The van der Waals surface area contributed by atoms with Gasteiger partial charge in [-0.15, -0.1) is 0 Å². The molecule has 1 rings (SSSR count). The maximum Gasteiger partial charge on any atom is 0.0594 e. The summed E-state index contributed by atoms with van der Waals surface area (Å²) in [6, 6.07) is 0. The first-order valence-corrected chi connectivity index (χ1v) is 7.96. The Morgan fingerprint density at radius 2 is 1.78 bits per heavy atom. The summed E-state index contributed by atoms with van der Waals surface area (Å²) < 4.78 is 5.94. The Hall–Kier alpha value is -0.0800. The molecule has 0 aromatic rings. The van der Waals surface area contributed by atoms with Gasteiger partial charge in [0.2, 0.25) is 0 Å². The van der Waals surface area contributed by atoms with E-state index in [1.807, 2.05) is 0 Å². The van der Waals surface area contributed by atoms with E-state index in [-0.39, 0.29) is 0 Å². The van der Waals surface area contributed by atoms with Gasteiger partial charge in [-0.3, -0.25) is 0 Å². The summed E-state index contributed by atoms with van der Waals surface area (Å²) in [6.07, 6.45) is 11.0. The van der Waals surface area contributed by atoms with Crippen LogP contribution in [0.25, 0.3) is 0 Å². The van der Waals surface area contributed by atoms with Crippen molar-refractivity contribution in [3.05, 3.63) is 0 Å². The molecule has 0 bridgehead atoms. The molecule has 0 saturated heterocycles. The lowest BCUT2D eigenvalue weighted by atomic mass is 9.76. The zero-order valence-electron chi connectivity index (χ0n) is 12.8. The number of ether oxygens (including phenoxy) is 1. The van der Waals surface area contributed by atoms with Crippen LogP contribution in [0.2, 0.25) is 0 Å². The van der Waals surface area contributed by atoms with Crippen molar-refractivity contribution >= 4 is 0 Å². The molecule has 0 aromatic carbocycles. The second-order valence-corrected chi connectivity index (χ2v) is 6.55. The molecule has 1 fully saturated rings. The lowest BCUT2D eigenvalue weighted by Crippen LogP contribution is -2.29. The highest BCUT2D eigenvalue weighted by Crippen LogP contribution is 2.35. The van der Waals surface area contributed by atoms with Crippen LogP contribution in [0, 0.1) is 5.41 Å². The Bertz CT molecular complexity index is 193. The minimum Gasteiger partial charge on any atom is -0.377 e. The minimum atomic E-state index is 0.528. The van der Waals surface area contributed by atoms with E-state index in [4.69, 9.17) is 4.74 Å². The normalized spacial score (nSPS) is 20.2. The fraction of sp³-hybridized carbons (Fsp3) is 1.00. The van der Waals surface area contributed by atoms with Crippen LogP contribution in [0.3, 0.4) is 0 Å². The maximum absolute atomic E-state index is 5.94. The molecular weight excluding hydrogens is 222 g/mol. The Balaban J connectivity index is 1.87. The van der Waals surface area contributed by atoms with Crippen molar-refractivity contribution in [1.29, 1.82) is 0 Å². The summed E-state index contributed by atoms with van der Waals surface area (Å²) in [5.41, 5.74) is 0.553. The van der Waals surface area contributed by atoms with Crippen molar-refractivity contribution < 1.29 is 4.74 Å². The molecule has 0 aromatic heterocycles. The van der Waals surface area contributed by atoms with E-state index < -0.39 is 0 Å². The molecule has 0 aliphatic heterocycles. The maximum atomic E-state index is 5.94. The third kappa shape index (κ3) is 7.38. The van der Waals surface area contributed by atoms with Crippen molar-refractivity contribution in [3.63, 3.8) is 0 Å². The van der Waals surface area contributed by atoms with Gasteiger partial charge in [-0.25, -0.2) is 0 Å². The van der Waals surface area contributed by atoms with Gasteiger partial charge in [0, 0.05) is 6.54 Å². The minimum absolute atomic E-state index is 0.528. The first-order chi connectivity index (χ1) is 8.64. The third-order valence-corrected chi connectivity index (χ3v) is 4.13. The van der Waals surface area contributed by atoms with Gasteiger partial charge in [0.15, 0.2) is 0 Å². The van der Waals surface area contributed by atoms with Crippen molar-refractivity contribution in [2.45, 2.75) is 78.2 Å². The summed E-state index contributed by atoms with van der Waals surface area (Å²) in [4.78, 5) is 0. The van der Waals surface area contributed by atoms with Crippen LogP contribution >= 0.6 is 0 Å². The summed E-state index contributed by atoms with van der Waals surface area (Å²) in [6.45, 7) is 10.1. The quantitative estimate of drug-likeness (QED) is 0.625. The smallest absolute Gasteiger partial charge is 0.0594 e. The molecule has 0 spiro atoms. The molecule has 2 nitrogen and oxygen atoms in total. The van der Waals surface area contributed by atoms with E-state index in [9.17, 15) is 0 Å². The monoisotopic (exact) mass is 255 g/mol. The van der Waals surface area contributed by atoms with Crippen LogP contribution in [0.5, 0.6) is 0 Å². The largest absolute Gasteiger partial charge is 0.377 e. The number of hydrogen-bond donors (Lipinski definition) is 1. The number of nitrogens with one attached hydrogen (secondary N) is 1. The molecular formula is C16H33NO. The summed E-state index contributed by atoms with van der Waals surface area (Å²) in [7, 11) is 0. The van der Waals surface area contributed by atoms with Crippen molar-refractivity contribution in [3.8, 4) is 0 Å². The van der Waals surface area contributed by atoms with E-state index in [0.29, 0.717) is 11.5 Å². The zero-order valence-corrected chi connectivity index (χ0v) is 12.8. The van der Waals surface area contributed by atoms with E-state index in [1.165, 1.54) is 51.4 Å². The Kier molecular flexibility index (Phi) is 7.92. The van der Waals surface area contributed by atoms with Gasteiger partial charge < -0.3 is 10.1 Å². The molecule has 1 saturated carbocycles. The third-order valence-electron chi connectivity index (χ3n) is 4.13. The van der Waals surface area contributed by atoms with Gasteiger partial charge in [0.25, 0.3) is 0 Å². The second-order valence-electron chi connectivity index (χ2n) is 6.55. The average molecular weight is 255 g/mol. The molecule has 0 unspecified atom stereocenters. The van der Waals surface area contributed by atoms with Gasteiger partial charge in [-0.05, 0) is 44.1 Å². The first-order valence-electron chi connectivity index (χ1n) is 7.96. The average Bonchev–Trinajstić information content (AvgIpc) is 2.34. The Morgan fingerprint density at radius 3 is 2.44 bits per heavy atom. The number of unbranched alkanes of at least 4 members (excludes halogenated alkanes) is 3. The van der Waals surface area contributed by atoms with E-state index in [0.717, 1.165) is 19.7 Å². The molecule has 18 heavy (non-hydrogen) atoms. The van der Waals surface area contributed by atoms with Crippen molar-refractivity contribution in [2.24, 2.45) is 5.41 Å². The van der Waals surface area contributed by atoms with Crippen LogP contribution in [0.4, 0.5) is 0 Å². The number of hydrogen-bond acceptors (Lipinski definition) is 2. The van der Waals surface area contributed by atoms with Crippen LogP contribution in [0.1, 0.15) is 72.1 Å². The van der Waals surface area contributed by atoms with Gasteiger partial charge in [0.05, 0.1) is 12.7 Å². The SMILES string of the molecule is CCCCCCNCCOC1CCC(C)(C)CC1. The number of rotatable bonds is 9. The molecule has 108 valence electrons. The fourth-order valence-corrected chi connectivity index (χ4v) is 2.64. The van der Waals surface area contributed by atoms with Crippen LogP contribution in [-0.4, -0.2) is 25.8 Å². The highest BCUT2D eigenvalue weighted by Gasteiger charge is 2.26. The molecule has 0 radical (unpaired) electrons. The van der Waals surface area contributed by atoms with E-state index in [2.05, 4.69) is 26.1 Å². The van der Waals surface area contributed by atoms with Gasteiger partial charge in [-0.1, -0.05) is 40.0 Å². The fourth-order valence-electron chi connectivity index (χ4n) is 2.64. The highest BCUT2D eigenvalue weighted by atomic mass is 16.5. The molecule has 0 atom stereocenters. The van der Waals surface area contributed by atoms with E-state index >= 15 is 0 Å². The predicted octanol–water partition coefficient (Wildman–Crippen LogP) is 4.14. The van der Waals surface area contributed by atoms with Crippen molar-refractivity contribution in [2.75, 3.05) is 19.7 Å².